The lowest BCUT2D eigenvalue weighted by atomic mass is 10.1. The fourth-order valence-corrected chi connectivity index (χ4v) is 2.06. The molecule has 0 atom stereocenters. The van der Waals surface area contributed by atoms with Crippen molar-refractivity contribution in [1.82, 2.24) is 0 Å². The fourth-order valence-electron chi connectivity index (χ4n) is 1.89. The van der Waals surface area contributed by atoms with Crippen molar-refractivity contribution in [2.75, 3.05) is 11.9 Å². The van der Waals surface area contributed by atoms with Crippen LogP contribution < -0.4 is 11.1 Å². The standard InChI is InChI=1S/C15H15FN2S/c16-12-5-3-4-11(10-12)8-9-18-14-7-2-1-6-13(14)15(17)19/h1-7,10,18H,8-9H2,(H2,17,19). The number of anilines is 1. The first kappa shape index (κ1) is 13.5. The van der Waals surface area contributed by atoms with Gasteiger partial charge < -0.3 is 11.1 Å². The number of rotatable bonds is 5. The van der Waals surface area contributed by atoms with Crippen molar-refractivity contribution in [3.63, 3.8) is 0 Å². The molecule has 0 unspecified atom stereocenters. The van der Waals surface area contributed by atoms with Gasteiger partial charge in [0.15, 0.2) is 0 Å². The Bertz CT molecular complexity index is 584. The first-order chi connectivity index (χ1) is 9.16. The van der Waals surface area contributed by atoms with E-state index >= 15 is 0 Å². The molecule has 0 spiro atoms. The van der Waals surface area contributed by atoms with E-state index in [0.717, 1.165) is 23.2 Å². The maximum atomic E-state index is 13.0. The van der Waals surface area contributed by atoms with Gasteiger partial charge in [0.2, 0.25) is 0 Å². The summed E-state index contributed by atoms with van der Waals surface area (Å²) in [4.78, 5) is 0.369. The van der Waals surface area contributed by atoms with Crippen LogP contribution in [0.15, 0.2) is 48.5 Å². The lowest BCUT2D eigenvalue weighted by Crippen LogP contribution is -2.14. The van der Waals surface area contributed by atoms with E-state index < -0.39 is 0 Å². The second kappa shape index (κ2) is 6.29. The van der Waals surface area contributed by atoms with Gasteiger partial charge in [-0.1, -0.05) is 36.5 Å². The fraction of sp³-hybridized carbons (Fsp3) is 0.133. The lowest BCUT2D eigenvalue weighted by molar-refractivity contribution is 0.625. The van der Waals surface area contributed by atoms with Gasteiger partial charge in [-0.25, -0.2) is 4.39 Å². The molecule has 0 heterocycles. The smallest absolute Gasteiger partial charge is 0.123 e. The number of hydrogen-bond acceptors (Lipinski definition) is 2. The average Bonchev–Trinajstić information content (AvgIpc) is 2.39. The van der Waals surface area contributed by atoms with Gasteiger partial charge >= 0.3 is 0 Å². The summed E-state index contributed by atoms with van der Waals surface area (Å²) in [5.41, 5.74) is 8.36. The third kappa shape index (κ3) is 3.76. The van der Waals surface area contributed by atoms with Crippen LogP contribution in [-0.2, 0) is 6.42 Å². The summed E-state index contributed by atoms with van der Waals surface area (Å²) in [5, 5.41) is 3.27. The highest BCUT2D eigenvalue weighted by molar-refractivity contribution is 7.80. The Kier molecular flexibility index (Phi) is 4.47. The van der Waals surface area contributed by atoms with Crippen molar-refractivity contribution in [2.45, 2.75) is 6.42 Å². The zero-order chi connectivity index (χ0) is 13.7. The Morgan fingerprint density at radius 3 is 2.68 bits per heavy atom. The number of hydrogen-bond donors (Lipinski definition) is 2. The van der Waals surface area contributed by atoms with E-state index in [2.05, 4.69) is 5.32 Å². The van der Waals surface area contributed by atoms with Gasteiger partial charge in [0.25, 0.3) is 0 Å². The van der Waals surface area contributed by atoms with Crippen LogP contribution in [0.3, 0.4) is 0 Å². The Labute approximate surface area is 117 Å². The molecule has 0 amide bonds. The van der Waals surface area contributed by atoms with E-state index in [9.17, 15) is 4.39 Å². The van der Waals surface area contributed by atoms with Crippen LogP contribution in [0.5, 0.6) is 0 Å². The molecule has 0 fully saturated rings. The van der Waals surface area contributed by atoms with Crippen LogP contribution in [0.4, 0.5) is 10.1 Å². The Balaban J connectivity index is 1.98. The third-order valence-electron chi connectivity index (χ3n) is 2.81. The molecule has 0 bridgehead atoms. The van der Waals surface area contributed by atoms with Gasteiger partial charge in [-0.3, -0.25) is 0 Å². The molecular formula is C15H15FN2S. The Morgan fingerprint density at radius 2 is 1.95 bits per heavy atom. The van der Waals surface area contributed by atoms with Crippen molar-refractivity contribution in [2.24, 2.45) is 5.73 Å². The second-order valence-corrected chi connectivity index (χ2v) is 4.66. The highest BCUT2D eigenvalue weighted by Crippen LogP contribution is 2.15. The molecule has 0 radical (unpaired) electrons. The molecule has 2 nitrogen and oxygen atoms in total. The van der Waals surface area contributed by atoms with Gasteiger partial charge in [0.05, 0.1) is 0 Å². The highest BCUT2D eigenvalue weighted by atomic mass is 32.1. The van der Waals surface area contributed by atoms with Crippen molar-refractivity contribution < 1.29 is 4.39 Å². The molecule has 98 valence electrons. The summed E-state index contributed by atoms with van der Waals surface area (Å²) in [6.45, 7) is 0.698. The lowest BCUT2D eigenvalue weighted by Gasteiger charge is -2.11. The van der Waals surface area contributed by atoms with E-state index in [0.29, 0.717) is 11.5 Å². The van der Waals surface area contributed by atoms with Crippen molar-refractivity contribution in [1.29, 1.82) is 0 Å². The number of nitrogens with two attached hydrogens (primary N) is 1. The van der Waals surface area contributed by atoms with Gasteiger partial charge in [-0.05, 0) is 36.2 Å². The van der Waals surface area contributed by atoms with Crippen LogP contribution in [0.1, 0.15) is 11.1 Å². The molecule has 3 N–H and O–H groups in total. The maximum absolute atomic E-state index is 13.0. The largest absolute Gasteiger partial charge is 0.389 e. The van der Waals surface area contributed by atoms with Crippen molar-refractivity contribution in [3.05, 3.63) is 65.5 Å². The molecule has 2 aromatic carbocycles. The number of halogens is 1. The van der Waals surface area contributed by atoms with Crippen LogP contribution in [0, 0.1) is 5.82 Å². The van der Waals surface area contributed by atoms with Gasteiger partial charge in [0.1, 0.15) is 10.8 Å². The predicted octanol–water partition coefficient (Wildman–Crippen LogP) is 3.11. The van der Waals surface area contributed by atoms with Crippen LogP contribution in [0.2, 0.25) is 0 Å². The van der Waals surface area contributed by atoms with Crippen molar-refractivity contribution >= 4 is 22.9 Å². The van der Waals surface area contributed by atoms with Crippen LogP contribution >= 0.6 is 12.2 Å². The molecule has 2 aromatic rings. The summed E-state index contributed by atoms with van der Waals surface area (Å²) in [6.07, 6.45) is 0.740. The van der Waals surface area contributed by atoms with Crippen molar-refractivity contribution in [3.8, 4) is 0 Å². The topological polar surface area (TPSA) is 38.0 Å². The monoisotopic (exact) mass is 274 g/mol. The molecule has 0 aliphatic heterocycles. The average molecular weight is 274 g/mol. The summed E-state index contributed by atoms with van der Waals surface area (Å²) < 4.78 is 13.0. The first-order valence-corrected chi connectivity index (χ1v) is 6.45. The van der Waals surface area contributed by atoms with Gasteiger partial charge in [0, 0.05) is 17.8 Å². The predicted molar refractivity (Wildman–Crippen MR) is 80.9 cm³/mol. The Hall–Kier alpha value is -1.94. The third-order valence-corrected chi connectivity index (χ3v) is 3.03. The van der Waals surface area contributed by atoms with E-state index in [-0.39, 0.29) is 5.82 Å². The maximum Gasteiger partial charge on any atom is 0.123 e. The Morgan fingerprint density at radius 1 is 1.16 bits per heavy atom. The molecule has 4 heteroatoms. The minimum Gasteiger partial charge on any atom is -0.389 e. The molecule has 0 aliphatic carbocycles. The number of thiocarbonyl (C=S) groups is 1. The van der Waals surface area contributed by atoms with Gasteiger partial charge in [-0.2, -0.15) is 0 Å². The SMILES string of the molecule is NC(=S)c1ccccc1NCCc1cccc(F)c1. The minimum absolute atomic E-state index is 0.207. The normalized spacial score (nSPS) is 10.2. The summed E-state index contributed by atoms with van der Waals surface area (Å²) in [5.74, 6) is -0.207. The summed E-state index contributed by atoms with van der Waals surface area (Å²) >= 11 is 5.00. The van der Waals surface area contributed by atoms with Gasteiger partial charge in [-0.15, -0.1) is 0 Å². The van der Waals surface area contributed by atoms with E-state index in [1.54, 1.807) is 12.1 Å². The zero-order valence-corrected chi connectivity index (χ0v) is 11.2. The van der Waals surface area contributed by atoms with E-state index in [1.807, 2.05) is 30.3 Å². The quantitative estimate of drug-likeness (QED) is 0.823. The molecular weight excluding hydrogens is 259 g/mol. The first-order valence-electron chi connectivity index (χ1n) is 6.04. The molecule has 19 heavy (non-hydrogen) atoms. The summed E-state index contributed by atoms with van der Waals surface area (Å²) in [6, 6.07) is 14.2. The number of nitrogens with one attached hydrogen (secondary N) is 1. The summed E-state index contributed by atoms with van der Waals surface area (Å²) in [7, 11) is 0. The highest BCUT2D eigenvalue weighted by Gasteiger charge is 2.03. The molecule has 0 aliphatic rings. The van der Waals surface area contributed by atoms with E-state index in [4.69, 9.17) is 18.0 Å². The van der Waals surface area contributed by atoms with E-state index in [1.165, 1.54) is 6.07 Å². The second-order valence-electron chi connectivity index (χ2n) is 4.22. The molecule has 0 aromatic heterocycles. The molecule has 0 saturated carbocycles. The number of para-hydroxylation sites is 1. The van der Waals surface area contributed by atoms with Crippen LogP contribution in [0.25, 0.3) is 0 Å². The zero-order valence-electron chi connectivity index (χ0n) is 10.4. The molecule has 0 saturated heterocycles. The molecule has 2 rings (SSSR count). The van der Waals surface area contributed by atoms with Crippen LogP contribution in [-0.4, -0.2) is 11.5 Å². The number of benzene rings is 2. The minimum atomic E-state index is -0.207.